The molecule has 0 spiro atoms. The highest BCUT2D eigenvalue weighted by Gasteiger charge is 2.23. The van der Waals surface area contributed by atoms with Crippen molar-refractivity contribution >= 4 is 11.9 Å². The fourth-order valence-corrected chi connectivity index (χ4v) is 1.82. The smallest absolute Gasteiger partial charge is 0.345 e. The monoisotopic (exact) mass is 262 g/mol. The molecule has 0 amide bonds. The van der Waals surface area contributed by atoms with Crippen molar-refractivity contribution in [3.63, 3.8) is 0 Å². The Morgan fingerprint density at radius 3 is 2.68 bits per heavy atom. The van der Waals surface area contributed by atoms with E-state index < -0.39 is 5.97 Å². The standard InChI is InChI=1S/C13H14N2O4/c1-7-6-8(4-5-9(7)17-2)11-10(13(16)18-3)12(14)19-15-11/h4-6H,14H2,1-3H3. The zero-order valence-corrected chi connectivity index (χ0v) is 10.9. The largest absolute Gasteiger partial charge is 0.496 e. The third kappa shape index (κ3) is 2.24. The summed E-state index contributed by atoms with van der Waals surface area (Å²) >= 11 is 0. The summed E-state index contributed by atoms with van der Waals surface area (Å²) in [5.41, 5.74) is 7.70. The van der Waals surface area contributed by atoms with Crippen LogP contribution in [-0.4, -0.2) is 25.3 Å². The van der Waals surface area contributed by atoms with Gasteiger partial charge in [-0.3, -0.25) is 0 Å². The van der Waals surface area contributed by atoms with Gasteiger partial charge in [0.1, 0.15) is 11.4 Å². The van der Waals surface area contributed by atoms with Crippen LogP contribution in [0.25, 0.3) is 11.3 Å². The topological polar surface area (TPSA) is 87.6 Å². The number of aromatic nitrogens is 1. The van der Waals surface area contributed by atoms with Gasteiger partial charge in [0.25, 0.3) is 0 Å². The van der Waals surface area contributed by atoms with Crippen molar-refractivity contribution in [2.75, 3.05) is 20.0 Å². The lowest BCUT2D eigenvalue weighted by Gasteiger charge is -2.06. The van der Waals surface area contributed by atoms with Gasteiger partial charge in [-0.25, -0.2) is 4.79 Å². The maximum atomic E-state index is 11.7. The molecule has 6 nitrogen and oxygen atoms in total. The summed E-state index contributed by atoms with van der Waals surface area (Å²) < 4.78 is 14.7. The molecule has 6 heteroatoms. The Hall–Kier alpha value is -2.50. The van der Waals surface area contributed by atoms with Crippen LogP contribution in [0.2, 0.25) is 0 Å². The quantitative estimate of drug-likeness (QED) is 0.851. The normalized spacial score (nSPS) is 10.3. The second kappa shape index (κ2) is 5.01. The van der Waals surface area contributed by atoms with E-state index in [4.69, 9.17) is 15.0 Å². The minimum atomic E-state index is -0.581. The molecule has 0 aliphatic heterocycles. The second-order valence-electron chi connectivity index (χ2n) is 3.95. The minimum Gasteiger partial charge on any atom is -0.496 e. The van der Waals surface area contributed by atoms with Crippen LogP contribution < -0.4 is 10.5 Å². The Morgan fingerprint density at radius 1 is 1.37 bits per heavy atom. The zero-order valence-electron chi connectivity index (χ0n) is 10.9. The number of hydrogen-bond donors (Lipinski definition) is 1. The van der Waals surface area contributed by atoms with Crippen LogP contribution in [0.5, 0.6) is 5.75 Å². The average Bonchev–Trinajstić information content (AvgIpc) is 2.79. The van der Waals surface area contributed by atoms with Crippen LogP contribution in [0.4, 0.5) is 5.88 Å². The summed E-state index contributed by atoms with van der Waals surface area (Å²) in [7, 11) is 2.87. The third-order valence-corrected chi connectivity index (χ3v) is 2.78. The Kier molecular flexibility index (Phi) is 3.41. The van der Waals surface area contributed by atoms with Gasteiger partial charge in [-0.1, -0.05) is 5.16 Å². The molecule has 0 atom stereocenters. The molecule has 0 unspecified atom stereocenters. The van der Waals surface area contributed by atoms with Crippen molar-refractivity contribution in [2.45, 2.75) is 6.92 Å². The van der Waals surface area contributed by atoms with Crippen LogP contribution >= 0.6 is 0 Å². The van der Waals surface area contributed by atoms with Gasteiger partial charge in [-0.2, -0.15) is 0 Å². The van der Waals surface area contributed by atoms with Gasteiger partial charge in [0, 0.05) is 5.56 Å². The van der Waals surface area contributed by atoms with Gasteiger partial charge in [0.15, 0.2) is 5.56 Å². The lowest BCUT2D eigenvalue weighted by atomic mass is 10.0. The predicted molar refractivity (Wildman–Crippen MR) is 69.0 cm³/mol. The molecule has 19 heavy (non-hydrogen) atoms. The number of rotatable bonds is 3. The average molecular weight is 262 g/mol. The predicted octanol–water partition coefficient (Wildman–Crippen LogP) is 2.03. The van der Waals surface area contributed by atoms with E-state index in [0.29, 0.717) is 11.3 Å². The Balaban J connectivity index is 2.53. The molecule has 1 aromatic heterocycles. The highest BCUT2D eigenvalue weighted by molar-refractivity contribution is 6.00. The number of esters is 1. The molecule has 1 heterocycles. The number of carbonyl (C=O) groups excluding carboxylic acids is 1. The van der Waals surface area contributed by atoms with E-state index >= 15 is 0 Å². The first-order chi connectivity index (χ1) is 9.08. The molecule has 1 aromatic carbocycles. The Bertz CT molecular complexity index is 619. The highest BCUT2D eigenvalue weighted by Crippen LogP contribution is 2.30. The molecule has 0 fully saturated rings. The van der Waals surface area contributed by atoms with E-state index in [1.165, 1.54) is 7.11 Å². The molecule has 0 aliphatic carbocycles. The molecule has 0 saturated carbocycles. The summed E-state index contributed by atoms with van der Waals surface area (Å²) in [6.45, 7) is 1.89. The molecule has 0 saturated heterocycles. The van der Waals surface area contributed by atoms with Gasteiger partial charge in [-0.05, 0) is 30.7 Å². The third-order valence-electron chi connectivity index (χ3n) is 2.78. The second-order valence-corrected chi connectivity index (χ2v) is 3.95. The molecular weight excluding hydrogens is 248 g/mol. The number of benzene rings is 1. The first-order valence-corrected chi connectivity index (χ1v) is 5.57. The number of carbonyl (C=O) groups is 1. The maximum Gasteiger partial charge on any atom is 0.345 e. The highest BCUT2D eigenvalue weighted by atomic mass is 16.5. The lowest BCUT2D eigenvalue weighted by molar-refractivity contribution is 0.0602. The summed E-state index contributed by atoms with van der Waals surface area (Å²) in [4.78, 5) is 11.7. The first kappa shape index (κ1) is 12.9. The minimum absolute atomic E-state index is 0.0599. The van der Waals surface area contributed by atoms with E-state index in [1.54, 1.807) is 19.2 Å². The summed E-state index contributed by atoms with van der Waals surface area (Å²) in [6, 6.07) is 5.40. The Morgan fingerprint density at radius 2 is 2.11 bits per heavy atom. The maximum absolute atomic E-state index is 11.7. The first-order valence-electron chi connectivity index (χ1n) is 5.57. The van der Waals surface area contributed by atoms with Crippen LogP contribution in [0.3, 0.4) is 0 Å². The van der Waals surface area contributed by atoms with E-state index in [0.717, 1.165) is 11.3 Å². The molecule has 0 bridgehead atoms. The van der Waals surface area contributed by atoms with Crippen LogP contribution in [0, 0.1) is 6.92 Å². The van der Waals surface area contributed by atoms with Gasteiger partial charge >= 0.3 is 5.97 Å². The molecule has 2 N–H and O–H groups in total. The van der Waals surface area contributed by atoms with Crippen molar-refractivity contribution in [3.8, 4) is 17.0 Å². The van der Waals surface area contributed by atoms with E-state index in [1.807, 2.05) is 13.0 Å². The molecule has 100 valence electrons. The summed E-state index contributed by atoms with van der Waals surface area (Å²) in [5, 5.41) is 3.81. The number of nitrogens with zero attached hydrogens (tertiary/aromatic N) is 1. The number of methoxy groups -OCH3 is 2. The number of nitrogens with two attached hydrogens (primary N) is 1. The number of nitrogen functional groups attached to an aromatic ring is 1. The van der Waals surface area contributed by atoms with Crippen LogP contribution in [-0.2, 0) is 4.74 Å². The lowest BCUT2D eigenvalue weighted by Crippen LogP contribution is -2.05. The fraction of sp³-hybridized carbons (Fsp3) is 0.231. The SMILES string of the molecule is COC(=O)c1c(-c2ccc(OC)c(C)c2)noc1N. The number of aryl methyl sites for hydroxylation is 1. The Labute approximate surface area is 110 Å². The fourth-order valence-electron chi connectivity index (χ4n) is 1.82. The van der Waals surface area contributed by atoms with Gasteiger partial charge in [0.05, 0.1) is 14.2 Å². The summed E-state index contributed by atoms with van der Waals surface area (Å²) in [5.74, 6) is 0.109. The number of anilines is 1. The molecule has 2 aromatic rings. The molecule has 0 radical (unpaired) electrons. The van der Waals surface area contributed by atoms with Crippen molar-refractivity contribution in [3.05, 3.63) is 29.3 Å². The van der Waals surface area contributed by atoms with E-state index in [2.05, 4.69) is 9.89 Å². The van der Waals surface area contributed by atoms with Gasteiger partial charge in [-0.15, -0.1) is 0 Å². The van der Waals surface area contributed by atoms with Crippen LogP contribution in [0.1, 0.15) is 15.9 Å². The van der Waals surface area contributed by atoms with Crippen molar-refractivity contribution < 1.29 is 18.8 Å². The van der Waals surface area contributed by atoms with Gasteiger partial charge < -0.3 is 19.7 Å². The molecular formula is C13H14N2O4. The van der Waals surface area contributed by atoms with Crippen molar-refractivity contribution in [1.29, 1.82) is 0 Å². The van der Waals surface area contributed by atoms with Gasteiger partial charge in [0.2, 0.25) is 5.88 Å². The zero-order chi connectivity index (χ0) is 14.0. The van der Waals surface area contributed by atoms with Crippen molar-refractivity contribution in [1.82, 2.24) is 5.16 Å². The van der Waals surface area contributed by atoms with Crippen molar-refractivity contribution in [2.24, 2.45) is 0 Å². The number of hydrogen-bond acceptors (Lipinski definition) is 6. The molecule has 2 rings (SSSR count). The van der Waals surface area contributed by atoms with Crippen LogP contribution in [0.15, 0.2) is 22.7 Å². The van der Waals surface area contributed by atoms with E-state index in [9.17, 15) is 4.79 Å². The number of ether oxygens (including phenoxy) is 2. The molecule has 0 aliphatic rings. The van der Waals surface area contributed by atoms with E-state index in [-0.39, 0.29) is 11.4 Å². The summed E-state index contributed by atoms with van der Waals surface area (Å²) in [6.07, 6.45) is 0.